The molecule has 0 aliphatic carbocycles. The van der Waals surface area contributed by atoms with Gasteiger partial charge in [0.05, 0.1) is 0 Å². The van der Waals surface area contributed by atoms with Crippen molar-refractivity contribution in [3.05, 3.63) is 41.7 Å². The zero-order valence-corrected chi connectivity index (χ0v) is 14.6. The highest BCUT2D eigenvalue weighted by Gasteiger charge is 2.28. The first-order chi connectivity index (χ1) is 11.3. The van der Waals surface area contributed by atoms with Gasteiger partial charge in [0.15, 0.2) is 0 Å². The van der Waals surface area contributed by atoms with E-state index in [2.05, 4.69) is 20.8 Å². The van der Waals surface area contributed by atoms with Gasteiger partial charge in [0.1, 0.15) is 11.9 Å². The van der Waals surface area contributed by atoms with Crippen LogP contribution in [0.2, 0.25) is 0 Å². The van der Waals surface area contributed by atoms with Gasteiger partial charge in [-0.15, -0.1) is 17.5 Å². The van der Waals surface area contributed by atoms with E-state index in [1.807, 2.05) is 42.2 Å². The zero-order valence-electron chi connectivity index (χ0n) is 13.8. The predicted molar refractivity (Wildman–Crippen MR) is 93.1 cm³/mol. The number of benzene rings is 1. The molecule has 1 unspecified atom stereocenters. The van der Waals surface area contributed by atoms with Gasteiger partial charge >= 0.3 is 0 Å². The Bertz CT molecular complexity index is 639. The largest absolute Gasteiger partial charge is 0.340 e. The summed E-state index contributed by atoms with van der Waals surface area (Å²) in [7, 11) is 0. The van der Waals surface area contributed by atoms with Crippen LogP contribution in [0.15, 0.2) is 30.3 Å². The Kier molecular flexibility index (Phi) is 6.69. The molecule has 1 fully saturated rings. The van der Waals surface area contributed by atoms with Gasteiger partial charge in [0.25, 0.3) is 0 Å². The monoisotopic (exact) mass is 350 g/mol. The average molecular weight is 351 g/mol. The van der Waals surface area contributed by atoms with E-state index in [4.69, 9.17) is 0 Å². The maximum atomic E-state index is 13.1. The van der Waals surface area contributed by atoms with Gasteiger partial charge in [-0.2, -0.15) is 0 Å². The molecule has 8 heteroatoms. The number of nitrogens with one attached hydrogen (secondary N) is 1. The Hall–Kier alpha value is -1.99. The van der Waals surface area contributed by atoms with Crippen molar-refractivity contribution in [1.29, 1.82) is 0 Å². The maximum absolute atomic E-state index is 13.1. The first kappa shape index (κ1) is 18.4. The summed E-state index contributed by atoms with van der Waals surface area (Å²) in [6.45, 7) is 5.12. The fraction of sp³-hybridized carbons (Fsp3) is 0.500. The van der Waals surface area contributed by atoms with E-state index in [0.29, 0.717) is 12.2 Å². The molecule has 0 saturated carbocycles. The summed E-state index contributed by atoms with van der Waals surface area (Å²) in [6, 6.07) is 9.61. The number of hydrogen-bond acceptors (Lipinski definition) is 5. The Morgan fingerprint density at radius 2 is 2.04 bits per heavy atom. The van der Waals surface area contributed by atoms with Gasteiger partial charge in [-0.05, 0) is 35.9 Å². The van der Waals surface area contributed by atoms with Crippen LogP contribution >= 0.6 is 12.4 Å². The Morgan fingerprint density at radius 3 is 2.75 bits per heavy atom. The van der Waals surface area contributed by atoms with Crippen LogP contribution in [0.1, 0.15) is 23.9 Å². The number of rotatable bonds is 4. The van der Waals surface area contributed by atoms with Crippen LogP contribution in [0.4, 0.5) is 0 Å². The molecule has 0 spiro atoms. The number of tetrazole rings is 1. The third-order valence-electron chi connectivity index (χ3n) is 4.16. The van der Waals surface area contributed by atoms with E-state index >= 15 is 0 Å². The molecule has 130 valence electrons. The Labute approximate surface area is 147 Å². The van der Waals surface area contributed by atoms with Gasteiger partial charge in [-0.25, -0.2) is 4.68 Å². The van der Waals surface area contributed by atoms with Gasteiger partial charge in [0, 0.05) is 26.1 Å². The molecular weight excluding hydrogens is 328 g/mol. The van der Waals surface area contributed by atoms with Crippen molar-refractivity contribution in [2.24, 2.45) is 0 Å². The highest BCUT2D eigenvalue weighted by atomic mass is 35.5. The molecule has 7 nitrogen and oxygen atoms in total. The first-order valence-corrected chi connectivity index (χ1v) is 8.03. The van der Waals surface area contributed by atoms with E-state index in [9.17, 15) is 4.79 Å². The summed E-state index contributed by atoms with van der Waals surface area (Å²) in [5.74, 6) is 0.750. The fourth-order valence-corrected chi connectivity index (χ4v) is 2.92. The SMILES string of the molecule is Cc1nnnn1C(Cc1ccccc1)C(=O)N1CCCNCC1.Cl. The normalized spacial score (nSPS) is 16.1. The molecule has 24 heavy (non-hydrogen) atoms. The summed E-state index contributed by atoms with van der Waals surface area (Å²) in [6.07, 6.45) is 1.56. The molecule has 1 aromatic heterocycles. The molecule has 1 aliphatic rings. The third kappa shape index (κ3) is 4.30. The summed E-state index contributed by atoms with van der Waals surface area (Å²) < 4.78 is 1.65. The second kappa shape index (κ2) is 8.75. The predicted octanol–water partition coefficient (Wildman–Crippen LogP) is 1.01. The molecule has 1 amide bonds. The number of halogens is 1. The second-order valence-corrected chi connectivity index (χ2v) is 5.81. The van der Waals surface area contributed by atoms with E-state index in [1.165, 1.54) is 0 Å². The second-order valence-electron chi connectivity index (χ2n) is 5.81. The van der Waals surface area contributed by atoms with Gasteiger partial charge in [-0.3, -0.25) is 4.79 Å². The lowest BCUT2D eigenvalue weighted by Gasteiger charge is -2.26. The molecule has 1 N–H and O–H groups in total. The lowest BCUT2D eigenvalue weighted by molar-refractivity contribution is -0.135. The minimum atomic E-state index is -0.398. The van der Waals surface area contributed by atoms with Gasteiger partial charge < -0.3 is 10.2 Å². The molecule has 2 aromatic rings. The summed E-state index contributed by atoms with van der Waals surface area (Å²) in [5.41, 5.74) is 1.11. The molecule has 1 aromatic carbocycles. The van der Waals surface area contributed by atoms with E-state index < -0.39 is 6.04 Å². The van der Waals surface area contributed by atoms with Crippen molar-refractivity contribution < 1.29 is 4.79 Å². The summed E-state index contributed by atoms with van der Waals surface area (Å²) in [4.78, 5) is 15.0. The van der Waals surface area contributed by atoms with Gasteiger partial charge in [0.2, 0.25) is 5.91 Å². The van der Waals surface area contributed by atoms with Gasteiger partial charge in [-0.1, -0.05) is 30.3 Å². The van der Waals surface area contributed by atoms with Crippen LogP contribution in [0.25, 0.3) is 0 Å². The van der Waals surface area contributed by atoms with Crippen LogP contribution in [0.3, 0.4) is 0 Å². The number of aryl methyl sites for hydroxylation is 1. The quantitative estimate of drug-likeness (QED) is 0.890. The highest BCUT2D eigenvalue weighted by molar-refractivity contribution is 5.85. The minimum Gasteiger partial charge on any atom is -0.340 e. The molecular formula is C16H23ClN6O. The third-order valence-corrected chi connectivity index (χ3v) is 4.16. The number of carbonyl (C=O) groups is 1. The molecule has 3 rings (SSSR count). The van der Waals surface area contributed by atoms with E-state index in [1.54, 1.807) is 4.68 Å². The zero-order chi connectivity index (χ0) is 16.1. The van der Waals surface area contributed by atoms with Crippen LogP contribution in [-0.4, -0.2) is 57.2 Å². The minimum absolute atomic E-state index is 0. The first-order valence-electron chi connectivity index (χ1n) is 8.03. The maximum Gasteiger partial charge on any atom is 0.247 e. The molecule has 1 saturated heterocycles. The lowest BCUT2D eigenvalue weighted by Crippen LogP contribution is -2.40. The van der Waals surface area contributed by atoms with Crippen LogP contribution in [0, 0.1) is 6.92 Å². The molecule has 0 radical (unpaired) electrons. The van der Waals surface area contributed by atoms with E-state index in [-0.39, 0.29) is 18.3 Å². The Morgan fingerprint density at radius 1 is 1.25 bits per heavy atom. The smallest absolute Gasteiger partial charge is 0.247 e. The molecule has 1 atom stereocenters. The van der Waals surface area contributed by atoms with Crippen molar-refractivity contribution in [1.82, 2.24) is 30.4 Å². The van der Waals surface area contributed by atoms with Crippen molar-refractivity contribution in [3.8, 4) is 0 Å². The number of hydrogen-bond donors (Lipinski definition) is 1. The number of aromatic nitrogens is 4. The number of carbonyl (C=O) groups excluding carboxylic acids is 1. The molecule has 1 aliphatic heterocycles. The fourth-order valence-electron chi connectivity index (χ4n) is 2.92. The average Bonchev–Trinajstić information content (AvgIpc) is 2.84. The topological polar surface area (TPSA) is 75.9 Å². The summed E-state index contributed by atoms with van der Waals surface area (Å²) in [5, 5.41) is 15.0. The van der Waals surface area contributed by atoms with Crippen LogP contribution in [-0.2, 0) is 11.2 Å². The molecule has 2 heterocycles. The lowest BCUT2D eigenvalue weighted by atomic mass is 10.0. The van der Waals surface area contributed by atoms with Crippen molar-refractivity contribution in [2.45, 2.75) is 25.8 Å². The Balaban J connectivity index is 0.00000208. The van der Waals surface area contributed by atoms with Crippen LogP contribution in [0.5, 0.6) is 0 Å². The number of nitrogens with zero attached hydrogens (tertiary/aromatic N) is 5. The molecule has 0 bridgehead atoms. The highest BCUT2D eigenvalue weighted by Crippen LogP contribution is 2.18. The van der Waals surface area contributed by atoms with Crippen molar-refractivity contribution >= 4 is 18.3 Å². The van der Waals surface area contributed by atoms with Crippen molar-refractivity contribution in [3.63, 3.8) is 0 Å². The standard InChI is InChI=1S/C16H22N6O.ClH/c1-13-18-19-20-22(13)15(12-14-6-3-2-4-7-14)16(23)21-10-5-8-17-9-11-21;/h2-4,6-7,15,17H,5,8-12H2,1H3;1H. The van der Waals surface area contributed by atoms with E-state index in [0.717, 1.165) is 38.2 Å². The van der Waals surface area contributed by atoms with Crippen LogP contribution < -0.4 is 5.32 Å². The number of amides is 1. The summed E-state index contributed by atoms with van der Waals surface area (Å²) >= 11 is 0. The van der Waals surface area contributed by atoms with Crippen molar-refractivity contribution in [2.75, 3.05) is 26.2 Å².